The number of ether oxygens (including phenoxy) is 1. The summed E-state index contributed by atoms with van der Waals surface area (Å²) in [5.41, 5.74) is 5.98. The molecule has 2 atom stereocenters. The minimum Gasteiger partial charge on any atom is -0.457 e. The van der Waals surface area contributed by atoms with E-state index in [0.717, 1.165) is 22.9 Å². The summed E-state index contributed by atoms with van der Waals surface area (Å²) < 4.78 is 8.60. The van der Waals surface area contributed by atoms with Gasteiger partial charge in [-0.25, -0.2) is 0 Å². The highest BCUT2D eigenvalue weighted by atomic mass is 32.1. The molecule has 1 saturated carbocycles. The molecule has 1 aliphatic heterocycles. The molecule has 2 aliphatic rings. The molecule has 3 heterocycles. The summed E-state index contributed by atoms with van der Waals surface area (Å²) in [5, 5.41) is 4.31. The van der Waals surface area contributed by atoms with Crippen LogP contribution in [0.4, 0.5) is 5.69 Å². The van der Waals surface area contributed by atoms with Crippen LogP contribution in [-0.4, -0.2) is 14.7 Å². The molecule has 4 aromatic rings. The molecule has 6 heteroatoms. The lowest BCUT2D eigenvalue weighted by Crippen LogP contribution is -2.29. The first kappa shape index (κ1) is 23.7. The molecule has 1 saturated heterocycles. The first-order chi connectivity index (χ1) is 18.1. The number of hydrogen-bond acceptors (Lipinski definition) is 3. The highest BCUT2D eigenvalue weighted by Gasteiger charge is 2.42. The smallest absolute Gasteiger partial charge is 0.174 e. The van der Waals surface area contributed by atoms with E-state index < -0.39 is 0 Å². The van der Waals surface area contributed by atoms with Gasteiger partial charge >= 0.3 is 0 Å². The van der Waals surface area contributed by atoms with Crippen molar-refractivity contribution in [1.29, 1.82) is 0 Å². The Kier molecular flexibility index (Phi) is 6.43. The lowest BCUT2D eigenvalue weighted by atomic mass is 9.96. The first-order valence-corrected chi connectivity index (χ1v) is 13.5. The zero-order valence-corrected chi connectivity index (χ0v) is 22.1. The summed E-state index contributed by atoms with van der Waals surface area (Å²) >= 11 is 5.95. The molecule has 1 aliphatic carbocycles. The number of nitrogens with one attached hydrogen (secondary N) is 1. The average Bonchev–Trinajstić information content (AvgIpc) is 3.63. The first-order valence-electron chi connectivity index (χ1n) is 13.1. The molecule has 2 aromatic heterocycles. The number of aryl methyl sites for hydroxylation is 1. The van der Waals surface area contributed by atoms with Crippen molar-refractivity contribution in [2.45, 2.75) is 57.7 Å². The van der Waals surface area contributed by atoms with Crippen LogP contribution in [0.25, 0.3) is 0 Å². The van der Waals surface area contributed by atoms with Crippen LogP contribution in [0, 0.1) is 13.8 Å². The molecule has 0 bridgehead atoms. The van der Waals surface area contributed by atoms with Crippen LogP contribution >= 0.6 is 12.2 Å². The lowest BCUT2D eigenvalue weighted by Gasteiger charge is -2.28. The maximum atomic E-state index is 6.04. The average molecular weight is 509 g/mol. The Morgan fingerprint density at radius 2 is 1.59 bits per heavy atom. The van der Waals surface area contributed by atoms with Gasteiger partial charge in [-0.05, 0) is 99.1 Å². The van der Waals surface area contributed by atoms with Crippen LogP contribution in [0.3, 0.4) is 0 Å². The van der Waals surface area contributed by atoms with E-state index in [0.29, 0.717) is 11.2 Å². The van der Waals surface area contributed by atoms with Crippen LogP contribution in [0.1, 0.15) is 66.5 Å². The van der Waals surface area contributed by atoms with Crippen molar-refractivity contribution in [2.24, 2.45) is 0 Å². The summed E-state index contributed by atoms with van der Waals surface area (Å²) in [4.78, 5) is 6.97. The third-order valence-corrected chi connectivity index (χ3v) is 8.04. The summed E-state index contributed by atoms with van der Waals surface area (Å²) in [7, 11) is 0. The van der Waals surface area contributed by atoms with E-state index in [9.17, 15) is 0 Å². The van der Waals surface area contributed by atoms with E-state index in [1.54, 1.807) is 0 Å². The topological polar surface area (TPSA) is 42.3 Å². The van der Waals surface area contributed by atoms with Crippen molar-refractivity contribution in [3.05, 3.63) is 108 Å². The van der Waals surface area contributed by atoms with Crippen LogP contribution in [0.5, 0.6) is 11.5 Å². The molecule has 188 valence electrons. The SMILES string of the molecule is Cc1cc([C@@H]2[C@H](c3ccccn3)NC(=S)N2c2ccc(Oc3ccccc3)cc2)c(C)n1C1CCCC1. The van der Waals surface area contributed by atoms with E-state index in [2.05, 4.69) is 52.9 Å². The molecule has 1 N–H and O–H groups in total. The van der Waals surface area contributed by atoms with E-state index in [1.807, 2.05) is 60.8 Å². The van der Waals surface area contributed by atoms with Gasteiger partial charge in [0.1, 0.15) is 11.5 Å². The van der Waals surface area contributed by atoms with Crippen LogP contribution in [-0.2, 0) is 0 Å². The van der Waals surface area contributed by atoms with Gasteiger partial charge in [0.15, 0.2) is 5.11 Å². The fraction of sp³-hybridized carbons (Fsp3) is 0.290. The predicted octanol–water partition coefficient (Wildman–Crippen LogP) is 7.58. The van der Waals surface area contributed by atoms with Crippen LogP contribution in [0.2, 0.25) is 0 Å². The maximum absolute atomic E-state index is 6.04. The summed E-state index contributed by atoms with van der Waals surface area (Å²) in [6.45, 7) is 4.51. The van der Waals surface area contributed by atoms with Crippen molar-refractivity contribution in [2.75, 3.05) is 4.90 Å². The van der Waals surface area contributed by atoms with E-state index in [4.69, 9.17) is 21.9 Å². The Morgan fingerprint density at radius 3 is 2.30 bits per heavy atom. The fourth-order valence-corrected chi connectivity index (χ4v) is 6.42. The number of rotatable bonds is 6. The van der Waals surface area contributed by atoms with Gasteiger partial charge in [-0.3, -0.25) is 4.98 Å². The highest BCUT2D eigenvalue weighted by Crippen LogP contribution is 2.45. The van der Waals surface area contributed by atoms with Gasteiger partial charge in [-0.1, -0.05) is 37.1 Å². The predicted molar refractivity (Wildman–Crippen MR) is 152 cm³/mol. The quantitative estimate of drug-likeness (QED) is 0.272. The van der Waals surface area contributed by atoms with Gasteiger partial charge in [-0.15, -0.1) is 0 Å². The number of para-hydroxylation sites is 1. The fourth-order valence-electron chi connectivity index (χ4n) is 6.07. The highest BCUT2D eigenvalue weighted by molar-refractivity contribution is 7.80. The van der Waals surface area contributed by atoms with E-state index in [1.165, 1.54) is 42.6 Å². The normalized spacial score (nSPS) is 19.8. The number of hydrogen-bond donors (Lipinski definition) is 1. The van der Waals surface area contributed by atoms with Gasteiger partial charge in [0.2, 0.25) is 0 Å². The van der Waals surface area contributed by atoms with Crippen molar-refractivity contribution >= 4 is 23.0 Å². The molecule has 2 fully saturated rings. The third-order valence-electron chi connectivity index (χ3n) is 7.72. The Hall–Kier alpha value is -3.64. The molecule has 37 heavy (non-hydrogen) atoms. The van der Waals surface area contributed by atoms with Crippen LogP contribution < -0.4 is 15.0 Å². The summed E-state index contributed by atoms with van der Waals surface area (Å²) in [5.74, 6) is 1.62. The largest absolute Gasteiger partial charge is 0.457 e. The monoisotopic (exact) mass is 508 g/mol. The van der Waals surface area contributed by atoms with E-state index in [-0.39, 0.29) is 12.1 Å². The maximum Gasteiger partial charge on any atom is 0.174 e. The minimum absolute atomic E-state index is 0.00959. The molecule has 0 radical (unpaired) electrons. The van der Waals surface area contributed by atoms with Crippen LogP contribution in [0.15, 0.2) is 85.1 Å². The minimum atomic E-state index is -0.0496. The number of benzene rings is 2. The van der Waals surface area contributed by atoms with Gasteiger partial charge in [0, 0.05) is 29.3 Å². The molecular weight excluding hydrogens is 476 g/mol. The van der Waals surface area contributed by atoms with Crippen molar-refractivity contribution in [1.82, 2.24) is 14.9 Å². The van der Waals surface area contributed by atoms with Gasteiger partial charge in [-0.2, -0.15) is 0 Å². The Balaban J connectivity index is 1.39. The lowest BCUT2D eigenvalue weighted by molar-refractivity contribution is 0.482. The third kappa shape index (κ3) is 4.51. The summed E-state index contributed by atoms with van der Waals surface area (Å²) in [6.07, 6.45) is 7.00. The number of nitrogens with zero attached hydrogens (tertiary/aromatic N) is 3. The number of pyridine rings is 1. The van der Waals surface area contributed by atoms with Crippen molar-refractivity contribution in [3.8, 4) is 11.5 Å². The van der Waals surface area contributed by atoms with Gasteiger partial charge in [0.25, 0.3) is 0 Å². The molecule has 6 rings (SSSR count). The zero-order chi connectivity index (χ0) is 25.4. The van der Waals surface area contributed by atoms with Crippen molar-refractivity contribution < 1.29 is 4.74 Å². The Bertz CT molecular complexity index is 1380. The van der Waals surface area contributed by atoms with E-state index >= 15 is 0 Å². The molecule has 0 spiro atoms. The summed E-state index contributed by atoms with van der Waals surface area (Å²) in [6, 6.07) is 27.1. The number of anilines is 1. The number of thiocarbonyl (C=S) groups is 1. The molecule has 0 amide bonds. The van der Waals surface area contributed by atoms with Crippen molar-refractivity contribution in [3.63, 3.8) is 0 Å². The molecular formula is C31H32N4OS. The second-order valence-corrected chi connectivity index (χ2v) is 10.4. The zero-order valence-electron chi connectivity index (χ0n) is 21.3. The molecule has 0 unspecified atom stereocenters. The second kappa shape index (κ2) is 10.0. The van der Waals surface area contributed by atoms with Gasteiger partial charge < -0.3 is 19.5 Å². The number of aromatic nitrogens is 2. The standard InChI is InChI=1S/C31H32N4OS/c1-21-20-27(22(2)34(21)23-10-6-7-11-23)30-29(28-14-8-9-19-32-28)33-31(37)35(30)24-15-17-26(18-16-24)36-25-12-4-3-5-13-25/h3-5,8-9,12-20,23,29-30H,6-7,10-11H2,1-2H3,(H,33,37)/t29-,30+/m0/s1. The second-order valence-electron chi connectivity index (χ2n) is 10.0. The molecule has 5 nitrogen and oxygen atoms in total. The van der Waals surface area contributed by atoms with Gasteiger partial charge in [0.05, 0.1) is 17.8 Å². The molecule has 2 aromatic carbocycles. The Morgan fingerprint density at radius 1 is 0.892 bits per heavy atom. The Labute approximate surface area is 224 Å².